The minimum Gasteiger partial charge on any atom is -0.336 e. The van der Waals surface area contributed by atoms with Gasteiger partial charge in [0.15, 0.2) is 0 Å². The summed E-state index contributed by atoms with van der Waals surface area (Å²) in [5, 5.41) is 2.09. The number of hydrogen-bond donors (Lipinski definition) is 0. The zero-order valence-electron chi connectivity index (χ0n) is 8.70. The van der Waals surface area contributed by atoms with Crippen LogP contribution < -0.4 is 0 Å². The first kappa shape index (κ1) is 11.0. The number of hydrogen-bond acceptors (Lipinski definition) is 2. The Bertz CT molecular complexity index is 363. The molecule has 0 spiro atoms. The van der Waals surface area contributed by atoms with Gasteiger partial charge in [-0.05, 0) is 36.8 Å². The van der Waals surface area contributed by atoms with Gasteiger partial charge in [0.1, 0.15) is 0 Å². The van der Waals surface area contributed by atoms with Crippen LogP contribution >= 0.6 is 22.9 Å². The van der Waals surface area contributed by atoms with E-state index in [2.05, 4.69) is 0 Å². The minimum atomic E-state index is 0.128. The highest BCUT2D eigenvalue weighted by atomic mass is 35.5. The van der Waals surface area contributed by atoms with Crippen molar-refractivity contribution in [2.75, 3.05) is 13.1 Å². The molecule has 1 unspecified atom stereocenters. The number of amides is 1. The van der Waals surface area contributed by atoms with Gasteiger partial charge in [-0.1, -0.05) is 0 Å². The fraction of sp³-hybridized carbons (Fsp3) is 0.545. The Labute approximate surface area is 98.8 Å². The van der Waals surface area contributed by atoms with Crippen LogP contribution in [0, 0.1) is 6.92 Å². The molecule has 0 aliphatic carbocycles. The van der Waals surface area contributed by atoms with E-state index in [1.165, 1.54) is 11.3 Å². The van der Waals surface area contributed by atoms with Crippen molar-refractivity contribution in [1.29, 1.82) is 0 Å². The molecule has 1 fully saturated rings. The number of halogens is 1. The van der Waals surface area contributed by atoms with Gasteiger partial charge in [-0.15, -0.1) is 22.9 Å². The van der Waals surface area contributed by atoms with E-state index in [1.54, 1.807) is 0 Å². The second-order valence-corrected chi connectivity index (χ2v) is 5.46. The highest BCUT2D eigenvalue weighted by Crippen LogP contribution is 2.22. The molecule has 1 saturated heterocycles. The topological polar surface area (TPSA) is 20.3 Å². The van der Waals surface area contributed by atoms with Gasteiger partial charge in [0, 0.05) is 13.1 Å². The predicted octanol–water partition coefficient (Wildman–Crippen LogP) is 2.90. The van der Waals surface area contributed by atoms with Crippen molar-refractivity contribution in [2.45, 2.75) is 25.1 Å². The molecular weight excluding hydrogens is 230 g/mol. The SMILES string of the molecule is Cc1ccsc1C(=O)N1CCCC(Cl)C1. The third-order valence-corrected chi connectivity index (χ3v) is 4.07. The Kier molecular flexibility index (Phi) is 3.32. The number of alkyl halides is 1. The van der Waals surface area contributed by atoms with Gasteiger partial charge >= 0.3 is 0 Å². The quantitative estimate of drug-likeness (QED) is 0.695. The molecule has 0 bridgehead atoms. The zero-order valence-corrected chi connectivity index (χ0v) is 10.3. The van der Waals surface area contributed by atoms with Gasteiger partial charge in [0.2, 0.25) is 0 Å². The number of carbonyl (C=O) groups is 1. The fourth-order valence-electron chi connectivity index (χ4n) is 1.85. The standard InChI is InChI=1S/C11H14ClNOS/c1-8-4-6-15-10(8)11(14)13-5-2-3-9(12)7-13/h4,6,9H,2-3,5,7H2,1H3. The molecule has 0 saturated carbocycles. The third kappa shape index (κ3) is 2.34. The molecule has 1 aromatic heterocycles. The van der Waals surface area contributed by atoms with E-state index in [-0.39, 0.29) is 11.3 Å². The smallest absolute Gasteiger partial charge is 0.264 e. The summed E-state index contributed by atoms with van der Waals surface area (Å²) in [5.74, 6) is 0.146. The lowest BCUT2D eigenvalue weighted by molar-refractivity contribution is 0.0731. The molecular formula is C11H14ClNOS. The monoisotopic (exact) mass is 243 g/mol. The van der Waals surface area contributed by atoms with Gasteiger partial charge in [-0.3, -0.25) is 4.79 Å². The van der Waals surface area contributed by atoms with Crippen LogP contribution in [0.1, 0.15) is 28.1 Å². The molecule has 1 aromatic rings. The summed E-state index contributed by atoms with van der Waals surface area (Å²) < 4.78 is 0. The van der Waals surface area contributed by atoms with Crippen LogP contribution in [-0.2, 0) is 0 Å². The number of piperidine rings is 1. The van der Waals surface area contributed by atoms with E-state index in [0.717, 1.165) is 29.8 Å². The van der Waals surface area contributed by atoms with E-state index < -0.39 is 0 Å². The number of likely N-dealkylation sites (tertiary alicyclic amines) is 1. The highest BCUT2D eigenvalue weighted by molar-refractivity contribution is 7.12. The van der Waals surface area contributed by atoms with Crippen molar-refractivity contribution < 1.29 is 4.79 Å². The maximum Gasteiger partial charge on any atom is 0.264 e. The second kappa shape index (κ2) is 4.54. The van der Waals surface area contributed by atoms with E-state index >= 15 is 0 Å². The normalized spacial score (nSPS) is 21.7. The Morgan fingerprint density at radius 3 is 3.07 bits per heavy atom. The van der Waals surface area contributed by atoms with Gasteiger partial charge in [0.05, 0.1) is 10.3 Å². The Hall–Kier alpha value is -0.540. The molecule has 1 aliphatic heterocycles. The van der Waals surface area contributed by atoms with E-state index in [1.807, 2.05) is 23.3 Å². The summed E-state index contributed by atoms with van der Waals surface area (Å²) in [6.45, 7) is 3.52. The molecule has 0 radical (unpaired) electrons. The number of nitrogens with zero attached hydrogens (tertiary/aromatic N) is 1. The molecule has 4 heteroatoms. The molecule has 15 heavy (non-hydrogen) atoms. The van der Waals surface area contributed by atoms with Crippen molar-refractivity contribution in [3.63, 3.8) is 0 Å². The number of carbonyl (C=O) groups excluding carboxylic acids is 1. The van der Waals surface area contributed by atoms with Crippen LogP contribution in [-0.4, -0.2) is 29.3 Å². The minimum absolute atomic E-state index is 0.128. The van der Waals surface area contributed by atoms with Crippen LogP contribution in [0.25, 0.3) is 0 Å². The van der Waals surface area contributed by atoms with Gasteiger partial charge in [-0.25, -0.2) is 0 Å². The summed E-state index contributed by atoms with van der Waals surface area (Å²) in [4.78, 5) is 14.8. The summed E-state index contributed by atoms with van der Waals surface area (Å²) in [5.41, 5.74) is 1.07. The van der Waals surface area contributed by atoms with E-state index in [4.69, 9.17) is 11.6 Å². The van der Waals surface area contributed by atoms with Crippen molar-refractivity contribution in [1.82, 2.24) is 4.90 Å². The summed E-state index contributed by atoms with van der Waals surface area (Å²) >= 11 is 7.58. The van der Waals surface area contributed by atoms with Crippen LogP contribution in [0.3, 0.4) is 0 Å². The highest BCUT2D eigenvalue weighted by Gasteiger charge is 2.24. The predicted molar refractivity (Wildman–Crippen MR) is 63.8 cm³/mol. The molecule has 1 atom stereocenters. The molecule has 2 rings (SSSR count). The number of thiophene rings is 1. The molecule has 0 N–H and O–H groups in total. The van der Waals surface area contributed by atoms with Gasteiger partial charge in [0.25, 0.3) is 5.91 Å². The first-order valence-electron chi connectivity index (χ1n) is 5.16. The lowest BCUT2D eigenvalue weighted by Crippen LogP contribution is -2.40. The third-order valence-electron chi connectivity index (χ3n) is 2.71. The van der Waals surface area contributed by atoms with Crippen LogP contribution in [0.2, 0.25) is 0 Å². The lowest BCUT2D eigenvalue weighted by Gasteiger charge is -2.29. The average Bonchev–Trinajstić information content (AvgIpc) is 2.63. The molecule has 2 heterocycles. The van der Waals surface area contributed by atoms with E-state index in [9.17, 15) is 4.79 Å². The maximum atomic E-state index is 12.1. The largest absolute Gasteiger partial charge is 0.336 e. The van der Waals surface area contributed by atoms with Gasteiger partial charge < -0.3 is 4.90 Å². The number of rotatable bonds is 1. The molecule has 0 aromatic carbocycles. The Morgan fingerprint density at radius 1 is 1.67 bits per heavy atom. The van der Waals surface area contributed by atoms with E-state index in [0.29, 0.717) is 6.54 Å². The van der Waals surface area contributed by atoms with Crippen LogP contribution in [0.5, 0.6) is 0 Å². The molecule has 2 nitrogen and oxygen atoms in total. The summed E-state index contributed by atoms with van der Waals surface area (Å²) in [6.07, 6.45) is 2.04. The van der Waals surface area contributed by atoms with Crippen molar-refractivity contribution in [3.8, 4) is 0 Å². The maximum absolute atomic E-state index is 12.1. The first-order chi connectivity index (χ1) is 7.18. The fourth-order valence-corrected chi connectivity index (χ4v) is 3.06. The van der Waals surface area contributed by atoms with Gasteiger partial charge in [-0.2, -0.15) is 0 Å². The molecule has 82 valence electrons. The second-order valence-electron chi connectivity index (χ2n) is 3.92. The average molecular weight is 244 g/mol. The molecule has 1 amide bonds. The first-order valence-corrected chi connectivity index (χ1v) is 6.47. The molecule has 1 aliphatic rings. The zero-order chi connectivity index (χ0) is 10.8. The number of aryl methyl sites for hydroxylation is 1. The summed E-state index contributed by atoms with van der Waals surface area (Å²) in [6, 6.07) is 1.99. The van der Waals surface area contributed by atoms with Crippen LogP contribution in [0.4, 0.5) is 0 Å². The summed E-state index contributed by atoms with van der Waals surface area (Å²) in [7, 11) is 0. The Morgan fingerprint density at radius 2 is 2.47 bits per heavy atom. The lowest BCUT2D eigenvalue weighted by atomic mass is 10.1. The van der Waals surface area contributed by atoms with Crippen molar-refractivity contribution in [3.05, 3.63) is 21.9 Å². The Balaban J connectivity index is 2.11. The van der Waals surface area contributed by atoms with Crippen molar-refractivity contribution >= 4 is 28.8 Å². The van der Waals surface area contributed by atoms with Crippen molar-refractivity contribution in [2.24, 2.45) is 0 Å². The van der Waals surface area contributed by atoms with Crippen LogP contribution in [0.15, 0.2) is 11.4 Å².